The molecule has 2 aromatic heterocycles. The van der Waals surface area contributed by atoms with Gasteiger partial charge in [-0.15, -0.1) is 0 Å². The second-order valence-corrected chi connectivity index (χ2v) is 4.93. The van der Waals surface area contributed by atoms with Crippen LogP contribution < -0.4 is 10.6 Å². The number of carbonyl (C=O) groups excluding carboxylic acids is 1. The predicted molar refractivity (Wildman–Crippen MR) is 88.1 cm³/mol. The van der Waals surface area contributed by atoms with Crippen LogP contribution in [0, 0.1) is 6.92 Å². The zero-order valence-electron chi connectivity index (χ0n) is 13.8. The van der Waals surface area contributed by atoms with Crippen LogP contribution >= 0.6 is 0 Å². The fraction of sp³-hybridized carbons (Fsp3) is 0.438. The Morgan fingerprint density at radius 1 is 1.36 bits per heavy atom. The van der Waals surface area contributed by atoms with Crippen molar-refractivity contribution in [1.29, 1.82) is 0 Å². The molecule has 3 rings (SSSR count). The van der Waals surface area contributed by atoms with Crippen molar-refractivity contribution in [3.05, 3.63) is 29.1 Å². The van der Waals surface area contributed by atoms with Gasteiger partial charge in [-0.3, -0.25) is 4.79 Å². The van der Waals surface area contributed by atoms with E-state index >= 15 is 0 Å². The number of aryl methyl sites for hydroxylation is 1. The molecule has 2 aromatic rings. The summed E-state index contributed by atoms with van der Waals surface area (Å²) in [6.45, 7) is 6.66. The van der Waals surface area contributed by atoms with Crippen LogP contribution in [0.25, 0.3) is 11.4 Å². The number of hydrogen-bond donors (Lipinski definition) is 2. The van der Waals surface area contributed by atoms with Gasteiger partial charge in [-0.05, 0) is 18.6 Å². The summed E-state index contributed by atoms with van der Waals surface area (Å²) in [7, 11) is 3.77. The normalized spacial score (nSPS) is 12.9. The minimum absolute atomic E-state index is 0.00588. The van der Waals surface area contributed by atoms with Crippen LogP contribution in [0.4, 0.5) is 5.95 Å². The molecule has 2 N–H and O–H groups in total. The number of carbonyl (C=O) groups is 1. The second kappa shape index (κ2) is 6.60. The maximum Gasteiger partial charge on any atom is 0.253 e. The van der Waals surface area contributed by atoms with Crippen LogP contribution in [0.3, 0.4) is 0 Å². The minimum atomic E-state index is -0.00588. The maximum absolute atomic E-state index is 11.9. The van der Waals surface area contributed by atoms with Gasteiger partial charge >= 0.3 is 0 Å². The molecule has 6 heteroatoms. The molecule has 1 amide bonds. The van der Waals surface area contributed by atoms with Crippen LogP contribution in [-0.4, -0.2) is 34.0 Å². The molecule has 1 aliphatic heterocycles. The molecule has 0 aliphatic carbocycles. The van der Waals surface area contributed by atoms with Crippen LogP contribution in [0.1, 0.15) is 35.5 Å². The van der Waals surface area contributed by atoms with E-state index in [0.29, 0.717) is 12.5 Å². The zero-order chi connectivity index (χ0) is 16.3. The van der Waals surface area contributed by atoms with E-state index in [2.05, 4.69) is 25.2 Å². The van der Waals surface area contributed by atoms with E-state index in [-0.39, 0.29) is 5.91 Å². The lowest BCUT2D eigenvalue weighted by molar-refractivity contribution is 0.0945. The van der Waals surface area contributed by atoms with Crippen molar-refractivity contribution in [2.24, 2.45) is 7.05 Å². The first-order valence-electron chi connectivity index (χ1n) is 7.60. The standard InChI is InChI=1S/C14H17N5O.C2H6/c1-8-7-17-14(15-2)18-12(8)11-6-9-10(19(11)3)4-5-16-13(9)20;1-2/h6-7H,4-5H2,1-3H3,(H,16,20)(H,15,17,18);1-2H3. The van der Waals surface area contributed by atoms with Gasteiger partial charge in [-0.2, -0.15) is 0 Å². The first-order chi connectivity index (χ1) is 10.6. The highest BCUT2D eigenvalue weighted by atomic mass is 16.1. The number of anilines is 1. The molecular weight excluding hydrogens is 278 g/mol. The Kier molecular flexibility index (Phi) is 4.80. The number of aromatic nitrogens is 3. The van der Waals surface area contributed by atoms with Gasteiger partial charge < -0.3 is 15.2 Å². The molecule has 0 saturated heterocycles. The SMILES string of the molecule is CC.CNc1ncc(C)c(-c2cc3c(n2C)CCNC3=O)n1. The molecule has 118 valence electrons. The second-order valence-electron chi connectivity index (χ2n) is 4.93. The predicted octanol–water partition coefficient (Wildman–Crippen LogP) is 2.14. The monoisotopic (exact) mass is 301 g/mol. The molecular formula is C16H23N5O. The summed E-state index contributed by atoms with van der Waals surface area (Å²) in [5.74, 6) is 0.572. The molecule has 0 atom stereocenters. The molecule has 0 fully saturated rings. The van der Waals surface area contributed by atoms with Crippen molar-refractivity contribution < 1.29 is 4.79 Å². The van der Waals surface area contributed by atoms with E-state index in [0.717, 1.165) is 34.6 Å². The number of nitrogens with zero attached hydrogens (tertiary/aromatic N) is 3. The Bertz CT molecular complexity index is 690. The van der Waals surface area contributed by atoms with Crippen molar-refractivity contribution in [3.63, 3.8) is 0 Å². The maximum atomic E-state index is 11.9. The first kappa shape index (κ1) is 16.0. The van der Waals surface area contributed by atoms with Crippen molar-refractivity contribution in [2.45, 2.75) is 27.2 Å². The number of fused-ring (bicyclic) bond motifs is 1. The Labute approximate surface area is 131 Å². The molecule has 0 aromatic carbocycles. The van der Waals surface area contributed by atoms with Crippen LogP contribution in [0.5, 0.6) is 0 Å². The quantitative estimate of drug-likeness (QED) is 0.891. The average molecular weight is 301 g/mol. The Morgan fingerprint density at radius 3 is 2.73 bits per heavy atom. The third kappa shape index (κ3) is 2.68. The van der Waals surface area contributed by atoms with Gasteiger partial charge in [0.2, 0.25) is 5.95 Å². The van der Waals surface area contributed by atoms with Crippen LogP contribution in [0.15, 0.2) is 12.3 Å². The smallest absolute Gasteiger partial charge is 0.253 e. The van der Waals surface area contributed by atoms with Crippen molar-refractivity contribution in [3.8, 4) is 11.4 Å². The van der Waals surface area contributed by atoms with Gasteiger partial charge in [0.25, 0.3) is 5.91 Å². The van der Waals surface area contributed by atoms with Gasteiger partial charge in [-0.25, -0.2) is 9.97 Å². The van der Waals surface area contributed by atoms with E-state index < -0.39 is 0 Å². The van der Waals surface area contributed by atoms with Gasteiger partial charge in [0.1, 0.15) is 0 Å². The number of hydrogen-bond acceptors (Lipinski definition) is 4. The molecule has 6 nitrogen and oxygen atoms in total. The first-order valence-corrected chi connectivity index (χ1v) is 7.60. The summed E-state index contributed by atoms with van der Waals surface area (Å²) in [5, 5.41) is 5.81. The fourth-order valence-electron chi connectivity index (χ4n) is 2.58. The summed E-state index contributed by atoms with van der Waals surface area (Å²) >= 11 is 0. The summed E-state index contributed by atoms with van der Waals surface area (Å²) in [6.07, 6.45) is 2.64. The summed E-state index contributed by atoms with van der Waals surface area (Å²) in [5.41, 5.74) is 4.60. The van der Waals surface area contributed by atoms with E-state index in [1.54, 1.807) is 13.2 Å². The molecule has 0 radical (unpaired) electrons. The molecule has 22 heavy (non-hydrogen) atoms. The topological polar surface area (TPSA) is 71.8 Å². The van der Waals surface area contributed by atoms with E-state index in [1.165, 1.54) is 0 Å². The lowest BCUT2D eigenvalue weighted by atomic mass is 10.1. The Balaban J connectivity index is 0.000000847. The molecule has 0 saturated carbocycles. The number of nitrogens with one attached hydrogen (secondary N) is 2. The Hall–Kier alpha value is -2.37. The molecule has 0 unspecified atom stereocenters. The number of amides is 1. The van der Waals surface area contributed by atoms with Gasteiger partial charge in [0, 0.05) is 39.0 Å². The number of rotatable bonds is 2. The van der Waals surface area contributed by atoms with E-state index in [9.17, 15) is 4.79 Å². The minimum Gasteiger partial charge on any atom is -0.357 e. The third-order valence-corrected chi connectivity index (χ3v) is 3.69. The van der Waals surface area contributed by atoms with Gasteiger partial charge in [0.15, 0.2) is 0 Å². The lowest BCUT2D eigenvalue weighted by Gasteiger charge is -2.14. The molecule has 0 spiro atoms. The van der Waals surface area contributed by atoms with Crippen molar-refractivity contribution in [2.75, 3.05) is 18.9 Å². The van der Waals surface area contributed by atoms with Crippen LogP contribution in [-0.2, 0) is 13.5 Å². The average Bonchev–Trinajstić information content (AvgIpc) is 2.89. The highest BCUT2D eigenvalue weighted by molar-refractivity contribution is 5.98. The molecule has 1 aliphatic rings. The largest absolute Gasteiger partial charge is 0.357 e. The highest BCUT2D eigenvalue weighted by Crippen LogP contribution is 2.28. The van der Waals surface area contributed by atoms with Gasteiger partial charge in [-0.1, -0.05) is 13.8 Å². The molecule has 3 heterocycles. The zero-order valence-corrected chi connectivity index (χ0v) is 13.8. The lowest BCUT2D eigenvalue weighted by Crippen LogP contribution is -2.31. The fourth-order valence-corrected chi connectivity index (χ4v) is 2.58. The van der Waals surface area contributed by atoms with Crippen LogP contribution in [0.2, 0.25) is 0 Å². The summed E-state index contributed by atoms with van der Waals surface area (Å²) in [4.78, 5) is 20.6. The molecule has 0 bridgehead atoms. The van der Waals surface area contributed by atoms with Crippen molar-refractivity contribution in [1.82, 2.24) is 19.9 Å². The summed E-state index contributed by atoms with van der Waals surface area (Å²) in [6, 6.07) is 1.92. The van der Waals surface area contributed by atoms with Crippen molar-refractivity contribution >= 4 is 11.9 Å². The summed E-state index contributed by atoms with van der Waals surface area (Å²) < 4.78 is 2.06. The van der Waals surface area contributed by atoms with Gasteiger partial charge in [0.05, 0.1) is 17.0 Å². The Morgan fingerprint density at radius 2 is 2.09 bits per heavy atom. The highest BCUT2D eigenvalue weighted by Gasteiger charge is 2.23. The van der Waals surface area contributed by atoms with E-state index in [1.807, 2.05) is 33.9 Å². The van der Waals surface area contributed by atoms with E-state index in [4.69, 9.17) is 0 Å². The third-order valence-electron chi connectivity index (χ3n) is 3.69.